The number of rotatable bonds is 4. The largest absolute Gasteiger partial charge is 0.304 e. The highest BCUT2D eigenvalue weighted by molar-refractivity contribution is 7.12. The van der Waals surface area contributed by atoms with Gasteiger partial charge in [-0.05, 0) is 44.5 Å². The predicted octanol–water partition coefficient (Wildman–Crippen LogP) is 3.61. The summed E-state index contributed by atoms with van der Waals surface area (Å²) in [5.74, 6) is 0. The van der Waals surface area contributed by atoms with Crippen LogP contribution in [-0.2, 0) is 6.54 Å². The molecule has 1 unspecified atom stereocenters. The first-order chi connectivity index (χ1) is 8.15. The van der Waals surface area contributed by atoms with Crippen LogP contribution in [0.3, 0.4) is 0 Å². The van der Waals surface area contributed by atoms with Crippen molar-refractivity contribution in [1.82, 2.24) is 10.3 Å². The Labute approximate surface area is 107 Å². The molecule has 0 aliphatic heterocycles. The van der Waals surface area contributed by atoms with Gasteiger partial charge < -0.3 is 5.32 Å². The zero-order valence-corrected chi connectivity index (χ0v) is 11.3. The molecule has 2 heterocycles. The fourth-order valence-electron chi connectivity index (χ4n) is 1.65. The van der Waals surface area contributed by atoms with Gasteiger partial charge in [0.05, 0.1) is 5.69 Å². The lowest BCUT2D eigenvalue weighted by atomic mass is 10.2. The molecular formula is C14H18N2S. The summed E-state index contributed by atoms with van der Waals surface area (Å²) in [4.78, 5) is 7.14. The molecule has 2 aromatic rings. The SMILES string of the molecule is Cc1ccc(CNC(C)c2ccc(C)s2)nc1. The molecule has 0 amide bonds. The van der Waals surface area contributed by atoms with E-state index in [9.17, 15) is 0 Å². The van der Waals surface area contributed by atoms with Gasteiger partial charge in [-0.3, -0.25) is 4.98 Å². The Bertz CT molecular complexity index is 473. The van der Waals surface area contributed by atoms with Gasteiger partial charge in [0, 0.05) is 28.5 Å². The average Bonchev–Trinajstić information content (AvgIpc) is 2.75. The van der Waals surface area contributed by atoms with E-state index in [1.54, 1.807) is 0 Å². The second-order valence-corrected chi connectivity index (χ2v) is 5.70. The van der Waals surface area contributed by atoms with Crippen LogP contribution in [0, 0.1) is 13.8 Å². The second kappa shape index (κ2) is 5.43. The van der Waals surface area contributed by atoms with E-state index in [0.717, 1.165) is 12.2 Å². The van der Waals surface area contributed by atoms with E-state index in [0.29, 0.717) is 6.04 Å². The maximum Gasteiger partial charge on any atom is 0.0542 e. The molecule has 1 N–H and O–H groups in total. The van der Waals surface area contributed by atoms with Crippen molar-refractivity contribution in [3.05, 3.63) is 51.5 Å². The number of nitrogens with zero attached hydrogens (tertiary/aromatic N) is 1. The van der Waals surface area contributed by atoms with Gasteiger partial charge in [-0.1, -0.05) is 6.07 Å². The Morgan fingerprint density at radius 1 is 1.24 bits per heavy atom. The van der Waals surface area contributed by atoms with Crippen molar-refractivity contribution in [3.63, 3.8) is 0 Å². The van der Waals surface area contributed by atoms with E-state index in [1.165, 1.54) is 15.3 Å². The molecule has 2 rings (SSSR count). The number of pyridine rings is 1. The van der Waals surface area contributed by atoms with Gasteiger partial charge in [-0.2, -0.15) is 0 Å². The summed E-state index contributed by atoms with van der Waals surface area (Å²) in [5.41, 5.74) is 2.30. The molecule has 0 saturated carbocycles. The van der Waals surface area contributed by atoms with Gasteiger partial charge in [-0.15, -0.1) is 11.3 Å². The molecule has 3 heteroatoms. The maximum atomic E-state index is 4.39. The molecule has 0 spiro atoms. The van der Waals surface area contributed by atoms with Crippen molar-refractivity contribution in [3.8, 4) is 0 Å². The van der Waals surface area contributed by atoms with Crippen LogP contribution in [0.15, 0.2) is 30.5 Å². The van der Waals surface area contributed by atoms with Crippen LogP contribution < -0.4 is 5.32 Å². The van der Waals surface area contributed by atoms with Gasteiger partial charge >= 0.3 is 0 Å². The highest BCUT2D eigenvalue weighted by atomic mass is 32.1. The molecule has 2 aromatic heterocycles. The van der Waals surface area contributed by atoms with E-state index in [2.05, 4.69) is 55.3 Å². The van der Waals surface area contributed by atoms with E-state index in [4.69, 9.17) is 0 Å². The number of aromatic nitrogens is 1. The van der Waals surface area contributed by atoms with Gasteiger partial charge in [0.15, 0.2) is 0 Å². The lowest BCUT2D eigenvalue weighted by Gasteiger charge is -2.11. The summed E-state index contributed by atoms with van der Waals surface area (Å²) in [6.07, 6.45) is 1.91. The molecule has 1 atom stereocenters. The minimum Gasteiger partial charge on any atom is -0.304 e. The third-order valence-corrected chi connectivity index (χ3v) is 3.93. The molecule has 90 valence electrons. The summed E-state index contributed by atoms with van der Waals surface area (Å²) in [6.45, 7) is 7.21. The third kappa shape index (κ3) is 3.38. The minimum atomic E-state index is 0.386. The van der Waals surface area contributed by atoms with Crippen LogP contribution in [0.5, 0.6) is 0 Å². The van der Waals surface area contributed by atoms with Gasteiger partial charge in [0.2, 0.25) is 0 Å². The fraction of sp³-hybridized carbons (Fsp3) is 0.357. The summed E-state index contributed by atoms with van der Waals surface area (Å²) >= 11 is 1.85. The second-order valence-electron chi connectivity index (χ2n) is 4.38. The fourth-order valence-corrected chi connectivity index (χ4v) is 2.55. The van der Waals surface area contributed by atoms with Crippen LogP contribution >= 0.6 is 11.3 Å². The number of hydrogen-bond acceptors (Lipinski definition) is 3. The van der Waals surface area contributed by atoms with Gasteiger partial charge in [0.25, 0.3) is 0 Å². The van der Waals surface area contributed by atoms with E-state index < -0.39 is 0 Å². The number of aryl methyl sites for hydroxylation is 2. The molecule has 0 fully saturated rings. The first-order valence-electron chi connectivity index (χ1n) is 5.86. The Hall–Kier alpha value is -1.19. The summed E-state index contributed by atoms with van der Waals surface area (Å²) < 4.78 is 0. The van der Waals surface area contributed by atoms with Crippen LogP contribution in [0.25, 0.3) is 0 Å². The predicted molar refractivity (Wildman–Crippen MR) is 73.3 cm³/mol. The monoisotopic (exact) mass is 246 g/mol. The molecular weight excluding hydrogens is 228 g/mol. The van der Waals surface area contributed by atoms with Crippen molar-refractivity contribution in [2.24, 2.45) is 0 Å². The molecule has 0 radical (unpaired) electrons. The Kier molecular flexibility index (Phi) is 3.92. The van der Waals surface area contributed by atoms with Crippen LogP contribution in [0.2, 0.25) is 0 Å². The number of nitrogens with one attached hydrogen (secondary N) is 1. The Balaban J connectivity index is 1.92. The average molecular weight is 246 g/mol. The van der Waals surface area contributed by atoms with E-state index in [1.807, 2.05) is 17.5 Å². The highest BCUT2D eigenvalue weighted by Gasteiger charge is 2.07. The zero-order chi connectivity index (χ0) is 12.3. The van der Waals surface area contributed by atoms with Crippen LogP contribution in [-0.4, -0.2) is 4.98 Å². The zero-order valence-electron chi connectivity index (χ0n) is 10.5. The molecule has 0 bridgehead atoms. The van der Waals surface area contributed by atoms with Crippen LogP contribution in [0.1, 0.15) is 34.0 Å². The first-order valence-corrected chi connectivity index (χ1v) is 6.68. The normalized spacial score (nSPS) is 12.6. The van der Waals surface area contributed by atoms with Gasteiger partial charge in [-0.25, -0.2) is 0 Å². The summed E-state index contributed by atoms with van der Waals surface area (Å²) in [7, 11) is 0. The molecule has 2 nitrogen and oxygen atoms in total. The number of thiophene rings is 1. The Morgan fingerprint density at radius 2 is 2.06 bits per heavy atom. The topological polar surface area (TPSA) is 24.9 Å². The van der Waals surface area contributed by atoms with Crippen molar-refractivity contribution in [2.75, 3.05) is 0 Å². The molecule has 17 heavy (non-hydrogen) atoms. The summed E-state index contributed by atoms with van der Waals surface area (Å²) in [5, 5.41) is 3.50. The van der Waals surface area contributed by atoms with E-state index in [-0.39, 0.29) is 0 Å². The summed E-state index contributed by atoms with van der Waals surface area (Å²) in [6, 6.07) is 8.93. The van der Waals surface area contributed by atoms with Crippen LogP contribution in [0.4, 0.5) is 0 Å². The number of hydrogen-bond donors (Lipinski definition) is 1. The van der Waals surface area contributed by atoms with E-state index >= 15 is 0 Å². The Morgan fingerprint density at radius 3 is 2.65 bits per heavy atom. The molecule has 0 aliphatic carbocycles. The van der Waals surface area contributed by atoms with Crippen molar-refractivity contribution >= 4 is 11.3 Å². The van der Waals surface area contributed by atoms with Crippen molar-refractivity contribution in [1.29, 1.82) is 0 Å². The minimum absolute atomic E-state index is 0.386. The molecule has 0 aromatic carbocycles. The van der Waals surface area contributed by atoms with Crippen molar-refractivity contribution < 1.29 is 0 Å². The maximum absolute atomic E-state index is 4.39. The third-order valence-electron chi connectivity index (χ3n) is 2.75. The highest BCUT2D eigenvalue weighted by Crippen LogP contribution is 2.22. The standard InChI is InChI=1S/C14H18N2S/c1-10-4-6-13(16-8-10)9-15-12(3)14-7-5-11(2)17-14/h4-8,12,15H,9H2,1-3H3. The molecule has 0 aliphatic rings. The first kappa shape index (κ1) is 12.3. The lowest BCUT2D eigenvalue weighted by molar-refractivity contribution is 0.575. The lowest BCUT2D eigenvalue weighted by Crippen LogP contribution is -2.17. The smallest absolute Gasteiger partial charge is 0.0542 e. The van der Waals surface area contributed by atoms with Crippen molar-refractivity contribution in [2.45, 2.75) is 33.4 Å². The quantitative estimate of drug-likeness (QED) is 0.891. The molecule has 0 saturated heterocycles. The van der Waals surface area contributed by atoms with Gasteiger partial charge in [0.1, 0.15) is 0 Å².